The predicted octanol–water partition coefficient (Wildman–Crippen LogP) is 3.09. The van der Waals surface area contributed by atoms with Crippen LogP contribution in [-0.4, -0.2) is 4.57 Å². The highest BCUT2D eigenvalue weighted by atomic mass is 14.9. The fraction of sp³-hybridized carbons (Fsp3) is 0.714. The maximum Gasteiger partial charge on any atom is 0.0338 e. The summed E-state index contributed by atoms with van der Waals surface area (Å²) in [5.74, 6) is 1.68. The third-order valence-electron chi connectivity index (χ3n) is 4.23. The Balaban J connectivity index is 1.62. The summed E-state index contributed by atoms with van der Waals surface area (Å²) in [4.78, 5) is 0. The molecule has 2 fully saturated rings. The van der Waals surface area contributed by atoms with Crippen LogP contribution in [0.25, 0.3) is 0 Å². The molecule has 2 heteroatoms. The lowest BCUT2D eigenvalue weighted by atomic mass is 10.1. The van der Waals surface area contributed by atoms with Crippen molar-refractivity contribution in [2.75, 3.05) is 0 Å². The minimum Gasteiger partial charge on any atom is -0.354 e. The zero-order valence-electron chi connectivity index (χ0n) is 9.94. The van der Waals surface area contributed by atoms with E-state index in [0.29, 0.717) is 6.04 Å². The molecule has 0 spiro atoms. The van der Waals surface area contributed by atoms with Gasteiger partial charge in [-0.05, 0) is 49.1 Å². The van der Waals surface area contributed by atoms with Gasteiger partial charge in [0.25, 0.3) is 0 Å². The first kappa shape index (κ1) is 10.4. The Kier molecular flexibility index (Phi) is 2.76. The van der Waals surface area contributed by atoms with Crippen molar-refractivity contribution >= 4 is 0 Å². The van der Waals surface area contributed by atoms with E-state index in [1.807, 2.05) is 0 Å². The number of aromatic nitrogens is 1. The van der Waals surface area contributed by atoms with Crippen molar-refractivity contribution in [2.45, 2.75) is 51.1 Å². The monoisotopic (exact) mass is 218 g/mol. The van der Waals surface area contributed by atoms with Gasteiger partial charge in [-0.3, -0.25) is 0 Å². The van der Waals surface area contributed by atoms with Gasteiger partial charge in [-0.1, -0.05) is 12.8 Å². The van der Waals surface area contributed by atoms with Crippen molar-refractivity contribution in [3.63, 3.8) is 0 Å². The van der Waals surface area contributed by atoms with E-state index in [0.717, 1.165) is 11.8 Å². The van der Waals surface area contributed by atoms with E-state index in [9.17, 15) is 0 Å². The Bertz CT molecular complexity index is 345. The quantitative estimate of drug-likeness (QED) is 0.827. The van der Waals surface area contributed by atoms with E-state index in [-0.39, 0.29) is 0 Å². The van der Waals surface area contributed by atoms with Crippen LogP contribution in [0.4, 0.5) is 0 Å². The minimum atomic E-state index is 0.296. The van der Waals surface area contributed by atoms with Gasteiger partial charge < -0.3 is 10.3 Å². The summed E-state index contributed by atoms with van der Waals surface area (Å²) in [5.41, 5.74) is 7.56. The number of nitrogens with two attached hydrogens (primary N) is 1. The predicted molar refractivity (Wildman–Crippen MR) is 66.0 cm³/mol. The van der Waals surface area contributed by atoms with Crippen LogP contribution in [0, 0.1) is 11.8 Å². The molecule has 0 aromatic carbocycles. The zero-order chi connectivity index (χ0) is 11.0. The first-order valence-corrected chi connectivity index (χ1v) is 6.74. The highest BCUT2D eigenvalue weighted by molar-refractivity contribution is 5.17. The fourth-order valence-electron chi connectivity index (χ4n) is 2.99. The van der Waals surface area contributed by atoms with E-state index in [1.165, 1.54) is 50.6 Å². The van der Waals surface area contributed by atoms with Crippen LogP contribution in [-0.2, 0) is 6.54 Å². The molecule has 88 valence electrons. The zero-order valence-corrected chi connectivity index (χ0v) is 9.94. The van der Waals surface area contributed by atoms with Gasteiger partial charge in [0.2, 0.25) is 0 Å². The summed E-state index contributed by atoms with van der Waals surface area (Å²) in [5, 5.41) is 0. The van der Waals surface area contributed by atoms with Gasteiger partial charge in [-0.25, -0.2) is 0 Å². The van der Waals surface area contributed by atoms with Gasteiger partial charge in [-0.2, -0.15) is 0 Å². The number of nitrogens with zero attached hydrogens (tertiary/aromatic N) is 1. The molecule has 1 heterocycles. The first-order valence-electron chi connectivity index (χ1n) is 6.74. The van der Waals surface area contributed by atoms with E-state index in [2.05, 4.69) is 23.0 Å². The van der Waals surface area contributed by atoms with Gasteiger partial charge in [0.15, 0.2) is 0 Å². The maximum atomic E-state index is 6.21. The molecule has 2 N–H and O–H groups in total. The molecule has 3 rings (SSSR count). The molecule has 0 bridgehead atoms. The van der Waals surface area contributed by atoms with Gasteiger partial charge in [0.05, 0.1) is 0 Å². The molecule has 2 nitrogen and oxygen atoms in total. The average molecular weight is 218 g/mol. The largest absolute Gasteiger partial charge is 0.354 e. The van der Waals surface area contributed by atoms with E-state index in [4.69, 9.17) is 5.73 Å². The average Bonchev–Trinajstić information content (AvgIpc) is 2.82. The Hall–Kier alpha value is -0.760. The molecule has 2 saturated carbocycles. The van der Waals surface area contributed by atoms with Gasteiger partial charge in [-0.15, -0.1) is 0 Å². The molecule has 16 heavy (non-hydrogen) atoms. The molecular formula is C14H22N2. The number of hydrogen-bond acceptors (Lipinski definition) is 1. The minimum absolute atomic E-state index is 0.296. The molecule has 0 saturated heterocycles. The van der Waals surface area contributed by atoms with Gasteiger partial charge in [0.1, 0.15) is 0 Å². The van der Waals surface area contributed by atoms with Crippen molar-refractivity contribution < 1.29 is 0 Å². The lowest BCUT2D eigenvalue weighted by Gasteiger charge is -2.10. The SMILES string of the molecule is NC(c1ccn(CC2CCCC2)c1)C1CC1. The van der Waals surface area contributed by atoms with Crippen molar-refractivity contribution in [1.29, 1.82) is 0 Å². The summed E-state index contributed by atoms with van der Waals surface area (Å²) in [7, 11) is 0. The van der Waals surface area contributed by atoms with Crippen molar-refractivity contribution in [1.82, 2.24) is 4.57 Å². The normalized spacial score (nSPS) is 23.8. The van der Waals surface area contributed by atoms with Gasteiger partial charge >= 0.3 is 0 Å². The molecular weight excluding hydrogens is 196 g/mol. The molecule has 2 aliphatic rings. The second kappa shape index (κ2) is 4.25. The standard InChI is InChI=1S/C14H22N2/c15-14(12-5-6-12)13-7-8-16(10-13)9-11-3-1-2-4-11/h7-8,10-12,14H,1-6,9,15H2. The van der Waals surface area contributed by atoms with Crippen LogP contribution in [0.1, 0.15) is 50.1 Å². The molecule has 0 amide bonds. The second-order valence-corrected chi connectivity index (χ2v) is 5.66. The Morgan fingerprint density at radius 3 is 2.69 bits per heavy atom. The van der Waals surface area contributed by atoms with Crippen LogP contribution >= 0.6 is 0 Å². The van der Waals surface area contributed by atoms with Crippen molar-refractivity contribution in [3.05, 3.63) is 24.0 Å². The molecule has 1 aromatic rings. The lowest BCUT2D eigenvalue weighted by Crippen LogP contribution is -2.11. The Morgan fingerprint density at radius 1 is 1.25 bits per heavy atom. The van der Waals surface area contributed by atoms with Crippen LogP contribution in [0.5, 0.6) is 0 Å². The summed E-state index contributed by atoms with van der Waals surface area (Å²) >= 11 is 0. The number of rotatable bonds is 4. The molecule has 0 aliphatic heterocycles. The second-order valence-electron chi connectivity index (χ2n) is 5.66. The molecule has 1 atom stereocenters. The maximum absolute atomic E-state index is 6.21. The molecule has 0 radical (unpaired) electrons. The van der Waals surface area contributed by atoms with Crippen LogP contribution in [0.15, 0.2) is 18.5 Å². The van der Waals surface area contributed by atoms with E-state index >= 15 is 0 Å². The van der Waals surface area contributed by atoms with E-state index in [1.54, 1.807) is 0 Å². The first-order chi connectivity index (χ1) is 7.83. The summed E-state index contributed by atoms with van der Waals surface area (Å²) in [6.07, 6.45) is 12.9. The molecule has 1 aromatic heterocycles. The molecule has 2 aliphatic carbocycles. The molecule has 1 unspecified atom stereocenters. The van der Waals surface area contributed by atoms with Gasteiger partial charge in [0, 0.05) is 25.0 Å². The Morgan fingerprint density at radius 2 is 2.00 bits per heavy atom. The van der Waals surface area contributed by atoms with E-state index < -0.39 is 0 Å². The van der Waals surface area contributed by atoms with Crippen molar-refractivity contribution in [3.8, 4) is 0 Å². The number of hydrogen-bond donors (Lipinski definition) is 1. The Labute approximate surface area is 97.8 Å². The third-order valence-corrected chi connectivity index (χ3v) is 4.23. The third kappa shape index (κ3) is 2.17. The van der Waals surface area contributed by atoms with Crippen molar-refractivity contribution in [2.24, 2.45) is 17.6 Å². The summed E-state index contributed by atoms with van der Waals surface area (Å²) in [6.45, 7) is 1.21. The highest BCUT2D eigenvalue weighted by Gasteiger charge is 2.29. The van der Waals surface area contributed by atoms with Crippen LogP contribution < -0.4 is 5.73 Å². The van der Waals surface area contributed by atoms with Crippen LogP contribution in [0.2, 0.25) is 0 Å². The lowest BCUT2D eigenvalue weighted by molar-refractivity contribution is 0.457. The summed E-state index contributed by atoms with van der Waals surface area (Å²) < 4.78 is 2.35. The smallest absolute Gasteiger partial charge is 0.0338 e. The summed E-state index contributed by atoms with van der Waals surface area (Å²) in [6, 6.07) is 2.52. The fourth-order valence-corrected chi connectivity index (χ4v) is 2.99. The topological polar surface area (TPSA) is 30.9 Å². The highest BCUT2D eigenvalue weighted by Crippen LogP contribution is 2.39. The van der Waals surface area contributed by atoms with Crippen LogP contribution in [0.3, 0.4) is 0 Å².